The lowest BCUT2D eigenvalue weighted by atomic mass is 10.2. The summed E-state index contributed by atoms with van der Waals surface area (Å²) in [7, 11) is 4.73. The molecule has 14 heavy (non-hydrogen) atoms. The van der Waals surface area contributed by atoms with Crippen LogP contribution in [0.5, 0.6) is 0 Å². The average molecular weight is 203 g/mol. The standard InChI is InChI=1S/C12H28N.H2O/c1-5-7-9-11-13(3,4)12-10-8-6-2;/h5-12H2,1-4H3;1H2/q+1;/p-1. The molecule has 0 amide bonds. The Morgan fingerprint density at radius 2 is 1.07 bits per heavy atom. The van der Waals surface area contributed by atoms with E-state index in [1.54, 1.807) is 0 Å². The zero-order chi connectivity index (χ0) is 10.2. The number of rotatable bonds is 8. The first kappa shape index (κ1) is 16.4. The van der Waals surface area contributed by atoms with Crippen molar-refractivity contribution in [1.82, 2.24) is 0 Å². The molecule has 0 rings (SSSR count). The van der Waals surface area contributed by atoms with E-state index in [0.29, 0.717) is 0 Å². The zero-order valence-corrected chi connectivity index (χ0v) is 10.6. The Morgan fingerprint density at radius 3 is 1.36 bits per heavy atom. The van der Waals surface area contributed by atoms with Crippen molar-refractivity contribution in [2.45, 2.75) is 52.4 Å². The highest BCUT2D eigenvalue weighted by atomic mass is 16.0. The van der Waals surface area contributed by atoms with Crippen molar-refractivity contribution < 1.29 is 9.96 Å². The smallest absolute Gasteiger partial charge is 0.0782 e. The number of hydrogen-bond acceptors (Lipinski definition) is 1. The van der Waals surface area contributed by atoms with Gasteiger partial charge in [-0.2, -0.15) is 0 Å². The Bertz CT molecular complexity index is 101. The van der Waals surface area contributed by atoms with Gasteiger partial charge in [0.05, 0.1) is 27.2 Å². The third-order valence-electron chi connectivity index (χ3n) is 2.73. The van der Waals surface area contributed by atoms with Gasteiger partial charge in [-0.1, -0.05) is 26.7 Å². The molecule has 0 saturated heterocycles. The molecule has 0 unspecified atom stereocenters. The molecular weight excluding hydrogens is 174 g/mol. The number of hydrogen-bond donors (Lipinski definition) is 0. The van der Waals surface area contributed by atoms with Crippen molar-refractivity contribution in [3.05, 3.63) is 0 Å². The highest BCUT2D eigenvalue weighted by Gasteiger charge is 2.12. The van der Waals surface area contributed by atoms with Gasteiger partial charge in [0.2, 0.25) is 0 Å². The SMILES string of the molecule is CCCCC[N+](C)(C)CCCCC.[OH-]. The largest absolute Gasteiger partial charge is 0.870 e. The first-order valence-electron chi connectivity index (χ1n) is 5.94. The molecule has 0 fully saturated rings. The van der Waals surface area contributed by atoms with Crippen LogP contribution in [0.25, 0.3) is 0 Å². The molecule has 0 aromatic rings. The lowest BCUT2D eigenvalue weighted by molar-refractivity contribution is -0.890. The van der Waals surface area contributed by atoms with Crippen LogP contribution < -0.4 is 0 Å². The summed E-state index contributed by atoms with van der Waals surface area (Å²) in [5.74, 6) is 0. The summed E-state index contributed by atoms with van der Waals surface area (Å²) in [5.41, 5.74) is 0. The van der Waals surface area contributed by atoms with Crippen LogP contribution in [0.15, 0.2) is 0 Å². The molecule has 0 aliphatic heterocycles. The van der Waals surface area contributed by atoms with E-state index in [-0.39, 0.29) is 5.48 Å². The lowest BCUT2D eigenvalue weighted by Crippen LogP contribution is -2.41. The summed E-state index contributed by atoms with van der Waals surface area (Å²) in [6.07, 6.45) is 8.28. The molecule has 1 N–H and O–H groups in total. The maximum absolute atomic E-state index is 2.37. The minimum absolute atomic E-state index is 0. The normalized spacial score (nSPS) is 11.1. The van der Waals surface area contributed by atoms with Gasteiger partial charge in [0.15, 0.2) is 0 Å². The van der Waals surface area contributed by atoms with Crippen LogP contribution in [0.1, 0.15) is 52.4 Å². The quantitative estimate of drug-likeness (QED) is 0.440. The number of unbranched alkanes of at least 4 members (excludes halogenated alkanes) is 4. The Balaban J connectivity index is 0. The van der Waals surface area contributed by atoms with Crippen LogP contribution in [0.2, 0.25) is 0 Å². The second kappa shape index (κ2) is 9.47. The van der Waals surface area contributed by atoms with Gasteiger partial charge in [-0.3, -0.25) is 0 Å². The predicted molar refractivity (Wildman–Crippen MR) is 62.8 cm³/mol. The number of quaternary nitrogens is 1. The summed E-state index contributed by atoms with van der Waals surface area (Å²) < 4.78 is 1.22. The molecule has 0 spiro atoms. The molecule has 0 saturated carbocycles. The van der Waals surface area contributed by atoms with Crippen LogP contribution in [-0.2, 0) is 0 Å². The van der Waals surface area contributed by atoms with Gasteiger partial charge in [-0.15, -0.1) is 0 Å². The fourth-order valence-corrected chi connectivity index (χ4v) is 1.69. The Morgan fingerprint density at radius 1 is 0.714 bits per heavy atom. The summed E-state index contributed by atoms with van der Waals surface area (Å²) in [6, 6.07) is 0. The van der Waals surface area contributed by atoms with Gasteiger partial charge in [0.25, 0.3) is 0 Å². The van der Waals surface area contributed by atoms with Crippen molar-refractivity contribution >= 4 is 0 Å². The van der Waals surface area contributed by atoms with Crippen molar-refractivity contribution in [2.24, 2.45) is 0 Å². The minimum Gasteiger partial charge on any atom is -0.870 e. The van der Waals surface area contributed by atoms with Crippen molar-refractivity contribution in [1.29, 1.82) is 0 Å². The van der Waals surface area contributed by atoms with E-state index in [1.807, 2.05) is 0 Å². The van der Waals surface area contributed by atoms with Crippen molar-refractivity contribution in [3.8, 4) is 0 Å². The van der Waals surface area contributed by atoms with E-state index in [2.05, 4.69) is 27.9 Å². The van der Waals surface area contributed by atoms with Gasteiger partial charge in [-0.05, 0) is 25.7 Å². The van der Waals surface area contributed by atoms with Gasteiger partial charge < -0.3 is 9.96 Å². The lowest BCUT2D eigenvalue weighted by Gasteiger charge is -2.29. The molecule has 88 valence electrons. The molecule has 2 heteroatoms. The van der Waals surface area contributed by atoms with Gasteiger partial charge >= 0.3 is 0 Å². The molecule has 0 heterocycles. The minimum atomic E-state index is 0. The first-order valence-corrected chi connectivity index (χ1v) is 5.94. The van der Waals surface area contributed by atoms with Crippen LogP contribution >= 0.6 is 0 Å². The van der Waals surface area contributed by atoms with Crippen molar-refractivity contribution in [3.63, 3.8) is 0 Å². The molecule has 2 nitrogen and oxygen atoms in total. The molecule has 0 aromatic heterocycles. The van der Waals surface area contributed by atoms with Gasteiger partial charge in [0.1, 0.15) is 0 Å². The van der Waals surface area contributed by atoms with E-state index < -0.39 is 0 Å². The monoisotopic (exact) mass is 203 g/mol. The third kappa shape index (κ3) is 10.0. The third-order valence-corrected chi connectivity index (χ3v) is 2.73. The highest BCUT2D eigenvalue weighted by molar-refractivity contribution is 4.41. The molecule has 0 aliphatic rings. The van der Waals surface area contributed by atoms with E-state index in [4.69, 9.17) is 0 Å². The topological polar surface area (TPSA) is 30.0 Å². The maximum atomic E-state index is 2.37. The van der Waals surface area contributed by atoms with Crippen molar-refractivity contribution in [2.75, 3.05) is 27.2 Å². The van der Waals surface area contributed by atoms with Crippen LogP contribution in [0.4, 0.5) is 0 Å². The predicted octanol–water partition coefficient (Wildman–Crippen LogP) is 3.27. The van der Waals surface area contributed by atoms with Crippen LogP contribution in [0.3, 0.4) is 0 Å². The Hall–Kier alpha value is -0.0800. The van der Waals surface area contributed by atoms with Gasteiger partial charge in [-0.25, -0.2) is 0 Å². The fourth-order valence-electron chi connectivity index (χ4n) is 1.69. The molecule has 0 atom stereocenters. The summed E-state index contributed by atoms with van der Waals surface area (Å²) in [6.45, 7) is 7.27. The number of nitrogens with zero attached hydrogens (tertiary/aromatic N) is 1. The Labute approximate surface area is 90.2 Å². The summed E-state index contributed by atoms with van der Waals surface area (Å²) >= 11 is 0. The Kier molecular flexibility index (Phi) is 11.1. The van der Waals surface area contributed by atoms with E-state index in [9.17, 15) is 0 Å². The molecular formula is C12H29NO. The van der Waals surface area contributed by atoms with Gasteiger partial charge in [0, 0.05) is 0 Å². The maximum Gasteiger partial charge on any atom is 0.0782 e. The highest BCUT2D eigenvalue weighted by Crippen LogP contribution is 2.06. The van der Waals surface area contributed by atoms with Crippen LogP contribution in [0, 0.1) is 0 Å². The van der Waals surface area contributed by atoms with Crippen LogP contribution in [-0.4, -0.2) is 37.1 Å². The molecule has 0 aliphatic carbocycles. The van der Waals surface area contributed by atoms with E-state index in [1.165, 1.54) is 56.1 Å². The summed E-state index contributed by atoms with van der Waals surface area (Å²) in [5, 5.41) is 0. The molecule has 0 aromatic carbocycles. The second-order valence-electron chi connectivity index (χ2n) is 4.80. The van der Waals surface area contributed by atoms with E-state index in [0.717, 1.165) is 0 Å². The van der Waals surface area contributed by atoms with E-state index >= 15 is 0 Å². The fraction of sp³-hybridized carbons (Fsp3) is 1.00. The molecule has 0 radical (unpaired) electrons. The second-order valence-corrected chi connectivity index (χ2v) is 4.80. The summed E-state index contributed by atoms with van der Waals surface area (Å²) in [4.78, 5) is 0. The zero-order valence-electron chi connectivity index (χ0n) is 10.6. The average Bonchev–Trinajstić information content (AvgIpc) is 2.05. The molecule has 0 bridgehead atoms. The first-order chi connectivity index (χ1) is 6.12.